The number of hydrogen-bond donors (Lipinski definition) is 1. The summed E-state index contributed by atoms with van der Waals surface area (Å²) >= 11 is 4.46. The average Bonchev–Trinajstić information content (AvgIpc) is 2.97. The van der Waals surface area contributed by atoms with Crippen LogP contribution in [0.2, 0.25) is 0 Å². The molecule has 0 unspecified atom stereocenters. The van der Waals surface area contributed by atoms with E-state index in [2.05, 4.69) is 21.2 Å². The Kier molecular flexibility index (Phi) is 4.20. The summed E-state index contributed by atoms with van der Waals surface area (Å²) in [5, 5.41) is 2.52. The van der Waals surface area contributed by atoms with Gasteiger partial charge < -0.3 is 10.1 Å². The van der Waals surface area contributed by atoms with Gasteiger partial charge in [0.2, 0.25) is 0 Å². The molecule has 8 heteroatoms. The molecule has 19 heavy (non-hydrogen) atoms. The molecule has 0 bridgehead atoms. The molecular weight excluding hydrogens is 336 g/mol. The summed E-state index contributed by atoms with van der Waals surface area (Å²) < 4.78 is 5.85. The highest BCUT2D eigenvalue weighted by molar-refractivity contribution is 9.11. The summed E-state index contributed by atoms with van der Waals surface area (Å²) in [6.45, 7) is 2.17. The molecule has 1 aliphatic heterocycles. The number of ether oxygens (including phenoxy) is 1. The van der Waals surface area contributed by atoms with Crippen molar-refractivity contribution in [2.45, 2.75) is 13.0 Å². The van der Waals surface area contributed by atoms with E-state index in [9.17, 15) is 14.4 Å². The molecule has 0 aliphatic carbocycles. The molecule has 1 aromatic rings. The van der Waals surface area contributed by atoms with Crippen LogP contribution in [0.3, 0.4) is 0 Å². The van der Waals surface area contributed by atoms with Crippen LogP contribution in [0.15, 0.2) is 15.9 Å². The SMILES string of the molecule is C[C@@H](OC(=O)c1ccc(Br)s1)C(=O)N1CCNC1=O. The van der Waals surface area contributed by atoms with E-state index in [1.807, 2.05) is 0 Å². The second-order valence-corrected chi connectivity index (χ2v) is 6.34. The molecule has 6 nitrogen and oxygen atoms in total. The van der Waals surface area contributed by atoms with Gasteiger partial charge in [0.25, 0.3) is 5.91 Å². The number of nitrogens with one attached hydrogen (secondary N) is 1. The Morgan fingerprint density at radius 1 is 1.53 bits per heavy atom. The topological polar surface area (TPSA) is 75.7 Å². The van der Waals surface area contributed by atoms with Crippen molar-refractivity contribution in [3.8, 4) is 0 Å². The van der Waals surface area contributed by atoms with E-state index >= 15 is 0 Å². The summed E-state index contributed by atoms with van der Waals surface area (Å²) in [5.41, 5.74) is 0. The minimum absolute atomic E-state index is 0.296. The van der Waals surface area contributed by atoms with Gasteiger partial charge >= 0.3 is 12.0 Å². The van der Waals surface area contributed by atoms with Gasteiger partial charge in [-0.2, -0.15) is 0 Å². The average molecular weight is 347 g/mol. The van der Waals surface area contributed by atoms with Crippen molar-refractivity contribution in [3.63, 3.8) is 0 Å². The fourth-order valence-corrected chi connectivity index (χ4v) is 2.86. The summed E-state index contributed by atoms with van der Waals surface area (Å²) in [4.78, 5) is 36.4. The number of thiophene rings is 1. The molecule has 3 amide bonds. The van der Waals surface area contributed by atoms with Crippen molar-refractivity contribution in [1.82, 2.24) is 10.2 Å². The number of carbonyl (C=O) groups is 3. The van der Waals surface area contributed by atoms with Gasteiger partial charge in [-0.05, 0) is 35.0 Å². The minimum atomic E-state index is -0.989. The van der Waals surface area contributed by atoms with E-state index in [0.717, 1.165) is 8.69 Å². The molecule has 1 fully saturated rings. The van der Waals surface area contributed by atoms with E-state index in [0.29, 0.717) is 18.0 Å². The van der Waals surface area contributed by atoms with Crippen LogP contribution in [0, 0.1) is 0 Å². The fraction of sp³-hybridized carbons (Fsp3) is 0.364. The highest BCUT2D eigenvalue weighted by Gasteiger charge is 2.31. The number of nitrogens with zero attached hydrogens (tertiary/aromatic N) is 1. The predicted molar refractivity (Wildman–Crippen MR) is 72.0 cm³/mol. The predicted octanol–water partition coefficient (Wildman–Crippen LogP) is 1.61. The maximum absolute atomic E-state index is 11.9. The number of rotatable bonds is 3. The van der Waals surface area contributed by atoms with Crippen molar-refractivity contribution >= 4 is 45.2 Å². The molecule has 2 rings (SSSR count). The third-order valence-corrected chi connectivity index (χ3v) is 4.13. The van der Waals surface area contributed by atoms with Crippen molar-refractivity contribution in [2.24, 2.45) is 0 Å². The van der Waals surface area contributed by atoms with E-state index in [1.54, 1.807) is 12.1 Å². The van der Waals surface area contributed by atoms with Crippen molar-refractivity contribution in [1.29, 1.82) is 0 Å². The molecule has 1 atom stereocenters. The maximum atomic E-state index is 11.9. The molecule has 0 radical (unpaired) electrons. The van der Waals surface area contributed by atoms with Crippen molar-refractivity contribution < 1.29 is 19.1 Å². The summed E-state index contributed by atoms with van der Waals surface area (Å²) in [6, 6.07) is 2.88. The summed E-state index contributed by atoms with van der Waals surface area (Å²) in [6.07, 6.45) is -0.989. The lowest BCUT2D eigenvalue weighted by molar-refractivity contribution is -0.135. The van der Waals surface area contributed by atoms with Crippen LogP contribution >= 0.6 is 27.3 Å². The van der Waals surface area contributed by atoms with Crippen LogP contribution in [-0.2, 0) is 9.53 Å². The molecule has 1 aromatic heterocycles. The lowest BCUT2D eigenvalue weighted by Crippen LogP contribution is -2.41. The van der Waals surface area contributed by atoms with Gasteiger partial charge in [0, 0.05) is 13.1 Å². The number of hydrogen-bond acceptors (Lipinski definition) is 5. The second kappa shape index (κ2) is 5.70. The highest BCUT2D eigenvalue weighted by Crippen LogP contribution is 2.23. The normalized spacial score (nSPS) is 16.1. The van der Waals surface area contributed by atoms with Gasteiger partial charge in [0.15, 0.2) is 6.10 Å². The zero-order chi connectivity index (χ0) is 14.0. The molecule has 0 saturated carbocycles. The third-order valence-electron chi connectivity index (χ3n) is 2.53. The molecule has 0 spiro atoms. The molecule has 1 saturated heterocycles. The highest BCUT2D eigenvalue weighted by atomic mass is 79.9. The smallest absolute Gasteiger partial charge is 0.349 e. The summed E-state index contributed by atoms with van der Waals surface area (Å²) in [7, 11) is 0. The Morgan fingerprint density at radius 3 is 2.79 bits per heavy atom. The van der Waals surface area contributed by atoms with Gasteiger partial charge in [-0.15, -0.1) is 11.3 Å². The molecule has 2 heterocycles. The van der Waals surface area contributed by atoms with E-state index < -0.39 is 24.0 Å². The Morgan fingerprint density at radius 2 is 2.26 bits per heavy atom. The van der Waals surface area contributed by atoms with E-state index in [-0.39, 0.29) is 0 Å². The Hall–Kier alpha value is -1.41. The fourth-order valence-electron chi connectivity index (χ4n) is 1.59. The van der Waals surface area contributed by atoms with Gasteiger partial charge in [0.1, 0.15) is 4.88 Å². The number of halogens is 1. The van der Waals surface area contributed by atoms with Crippen LogP contribution in [0.5, 0.6) is 0 Å². The first kappa shape index (κ1) is 14.0. The van der Waals surface area contributed by atoms with E-state index in [4.69, 9.17) is 4.74 Å². The molecule has 0 aromatic carbocycles. The summed E-state index contributed by atoms with van der Waals surface area (Å²) in [5.74, 6) is -1.09. The largest absolute Gasteiger partial charge is 0.448 e. The molecule has 1 N–H and O–H groups in total. The lowest BCUT2D eigenvalue weighted by Gasteiger charge is -2.17. The zero-order valence-corrected chi connectivity index (χ0v) is 12.4. The first-order valence-corrected chi connectivity index (χ1v) is 7.15. The van der Waals surface area contributed by atoms with Crippen LogP contribution < -0.4 is 5.32 Å². The number of urea groups is 1. The lowest BCUT2D eigenvalue weighted by atomic mass is 10.3. The number of amides is 3. The van der Waals surface area contributed by atoms with Gasteiger partial charge in [0.05, 0.1) is 3.79 Å². The first-order valence-electron chi connectivity index (χ1n) is 5.54. The monoisotopic (exact) mass is 346 g/mol. The van der Waals surface area contributed by atoms with Crippen molar-refractivity contribution in [3.05, 3.63) is 20.8 Å². The Bertz CT molecular complexity index is 531. The van der Waals surface area contributed by atoms with Crippen molar-refractivity contribution in [2.75, 3.05) is 13.1 Å². The number of esters is 1. The van der Waals surface area contributed by atoms with Crippen LogP contribution in [0.4, 0.5) is 4.79 Å². The maximum Gasteiger partial charge on any atom is 0.349 e. The number of carbonyl (C=O) groups excluding carboxylic acids is 3. The van der Waals surface area contributed by atoms with E-state index in [1.165, 1.54) is 18.3 Å². The molecular formula is C11H11BrN2O4S. The third kappa shape index (κ3) is 3.13. The van der Waals surface area contributed by atoms with Gasteiger partial charge in [-0.25, -0.2) is 9.59 Å². The van der Waals surface area contributed by atoms with Gasteiger partial charge in [-0.1, -0.05) is 0 Å². The van der Waals surface area contributed by atoms with Gasteiger partial charge in [-0.3, -0.25) is 9.69 Å². The second-order valence-electron chi connectivity index (χ2n) is 3.87. The molecule has 1 aliphatic rings. The van der Waals surface area contributed by atoms with Crippen LogP contribution in [0.1, 0.15) is 16.6 Å². The van der Waals surface area contributed by atoms with Crippen LogP contribution in [0.25, 0.3) is 0 Å². The standard InChI is InChI=1S/C11H11BrN2O4S/c1-6(9(15)14-5-4-13-11(14)17)18-10(16)7-2-3-8(12)19-7/h2-3,6H,4-5H2,1H3,(H,13,17)/t6-/m1/s1. The first-order chi connectivity index (χ1) is 8.99. The molecule has 102 valence electrons. The Labute approximate surface area is 121 Å². The minimum Gasteiger partial charge on any atom is -0.448 e. The quantitative estimate of drug-likeness (QED) is 0.843. The number of imide groups is 1. The zero-order valence-electron chi connectivity index (χ0n) is 10.0. The van der Waals surface area contributed by atoms with Crippen LogP contribution in [-0.4, -0.2) is 42.0 Å². The Balaban J connectivity index is 1.97.